The Bertz CT molecular complexity index is 1190. The number of phenolic OH excluding ortho intramolecular Hbond substituents is 1. The summed E-state index contributed by atoms with van der Waals surface area (Å²) >= 11 is 0. The molecule has 2 aromatic carbocycles. The van der Waals surface area contributed by atoms with Crippen LogP contribution < -0.4 is 0 Å². The molecule has 0 radical (unpaired) electrons. The Labute approximate surface area is 184 Å². The van der Waals surface area contributed by atoms with Crippen molar-refractivity contribution in [1.29, 1.82) is 0 Å². The van der Waals surface area contributed by atoms with Gasteiger partial charge in [0.1, 0.15) is 5.75 Å². The van der Waals surface area contributed by atoms with Crippen molar-refractivity contribution < 1.29 is 9.90 Å². The molecule has 3 heterocycles. The zero-order chi connectivity index (χ0) is 21.9. The van der Waals surface area contributed by atoms with E-state index in [1.54, 1.807) is 0 Å². The van der Waals surface area contributed by atoms with E-state index >= 15 is 0 Å². The highest BCUT2D eigenvalue weighted by Gasteiger charge is 2.31. The van der Waals surface area contributed by atoms with Crippen molar-refractivity contribution in [3.63, 3.8) is 0 Å². The first-order chi connectivity index (χ1) is 14.8. The van der Waals surface area contributed by atoms with Crippen molar-refractivity contribution in [2.24, 2.45) is 0 Å². The molecule has 0 spiro atoms. The fourth-order valence-electron chi connectivity index (χ4n) is 5.19. The van der Waals surface area contributed by atoms with Crippen molar-refractivity contribution in [3.05, 3.63) is 63.8 Å². The number of benzene rings is 2. The van der Waals surface area contributed by atoms with Crippen LogP contribution in [0.2, 0.25) is 0 Å². The van der Waals surface area contributed by atoms with E-state index in [0.717, 1.165) is 72.4 Å². The molecule has 4 nitrogen and oxygen atoms in total. The van der Waals surface area contributed by atoms with Crippen molar-refractivity contribution in [2.45, 2.75) is 53.5 Å². The van der Waals surface area contributed by atoms with Crippen molar-refractivity contribution in [1.82, 2.24) is 9.47 Å². The molecular formula is C27H30N2O2. The molecular weight excluding hydrogens is 384 g/mol. The molecule has 3 aromatic rings. The number of aromatic hydroxyl groups is 1. The summed E-state index contributed by atoms with van der Waals surface area (Å²) in [5.41, 5.74) is 10.6. The SMILES string of the molecule is Cc1cc2c(cc1C)-c1c(C(=O)N3CCCC3)c(-c3cc(C)c(O)c(C)c3)cn1CC2. The average Bonchev–Trinajstić information content (AvgIpc) is 3.40. The third kappa shape index (κ3) is 3.16. The molecule has 0 unspecified atom stereocenters. The molecule has 1 aromatic heterocycles. The zero-order valence-electron chi connectivity index (χ0n) is 18.9. The maximum absolute atomic E-state index is 13.8. The van der Waals surface area contributed by atoms with Crippen LogP contribution in [0.15, 0.2) is 30.5 Å². The summed E-state index contributed by atoms with van der Waals surface area (Å²) in [5, 5.41) is 10.3. The minimum absolute atomic E-state index is 0.135. The van der Waals surface area contributed by atoms with Gasteiger partial charge in [-0.05, 0) is 98.5 Å². The van der Waals surface area contributed by atoms with Crippen LogP contribution in [0.4, 0.5) is 0 Å². The highest BCUT2D eigenvalue weighted by atomic mass is 16.3. The monoisotopic (exact) mass is 414 g/mol. The van der Waals surface area contributed by atoms with E-state index in [1.807, 2.05) is 30.9 Å². The van der Waals surface area contributed by atoms with Gasteiger partial charge in [0.15, 0.2) is 0 Å². The molecule has 31 heavy (non-hydrogen) atoms. The molecule has 1 fully saturated rings. The maximum atomic E-state index is 13.8. The van der Waals surface area contributed by atoms with E-state index in [4.69, 9.17) is 0 Å². The van der Waals surface area contributed by atoms with E-state index in [1.165, 1.54) is 22.3 Å². The van der Waals surface area contributed by atoms with Gasteiger partial charge in [0.2, 0.25) is 0 Å². The van der Waals surface area contributed by atoms with Crippen molar-refractivity contribution in [2.75, 3.05) is 13.1 Å². The Morgan fingerprint density at radius 1 is 0.839 bits per heavy atom. The van der Waals surface area contributed by atoms with E-state index in [9.17, 15) is 9.90 Å². The minimum atomic E-state index is 0.135. The number of aryl methyl sites for hydroxylation is 6. The molecule has 2 aliphatic rings. The Hall–Kier alpha value is -3.01. The lowest BCUT2D eigenvalue weighted by Crippen LogP contribution is -2.28. The Kier molecular flexibility index (Phi) is 4.69. The largest absolute Gasteiger partial charge is 0.507 e. The van der Waals surface area contributed by atoms with Gasteiger partial charge in [-0.25, -0.2) is 0 Å². The zero-order valence-corrected chi connectivity index (χ0v) is 18.9. The lowest BCUT2D eigenvalue weighted by Gasteiger charge is -2.24. The van der Waals surface area contributed by atoms with Gasteiger partial charge in [0.05, 0.1) is 11.3 Å². The third-order valence-electron chi connectivity index (χ3n) is 7.08. The van der Waals surface area contributed by atoms with Gasteiger partial charge in [-0.3, -0.25) is 4.79 Å². The normalized spacial score (nSPS) is 15.2. The molecule has 1 N–H and O–H groups in total. The fraction of sp³-hybridized carbons (Fsp3) is 0.370. The van der Waals surface area contributed by atoms with Gasteiger partial charge in [-0.1, -0.05) is 6.07 Å². The number of fused-ring (bicyclic) bond motifs is 3. The number of hydrogen-bond donors (Lipinski definition) is 1. The van der Waals surface area contributed by atoms with Gasteiger partial charge < -0.3 is 14.6 Å². The van der Waals surface area contributed by atoms with Crippen LogP contribution in [0.5, 0.6) is 5.75 Å². The molecule has 1 saturated heterocycles. The Balaban J connectivity index is 1.78. The number of rotatable bonds is 2. The predicted octanol–water partition coefficient (Wildman–Crippen LogP) is 5.55. The standard InChI is InChI=1S/C27H30N2O2/c1-16-11-20-7-10-29-15-23(21-12-18(3)26(30)19(4)13-21)24(25(29)22(20)14-17(16)2)27(31)28-8-5-6-9-28/h11-15,30H,5-10H2,1-4H3. The summed E-state index contributed by atoms with van der Waals surface area (Å²) in [6, 6.07) is 8.56. The van der Waals surface area contributed by atoms with Crippen LogP contribution in [0.25, 0.3) is 22.4 Å². The smallest absolute Gasteiger partial charge is 0.256 e. The Morgan fingerprint density at radius 2 is 1.48 bits per heavy atom. The number of carbonyl (C=O) groups is 1. The highest BCUT2D eigenvalue weighted by Crippen LogP contribution is 2.42. The van der Waals surface area contributed by atoms with Gasteiger partial charge in [-0.2, -0.15) is 0 Å². The summed E-state index contributed by atoms with van der Waals surface area (Å²) in [5.74, 6) is 0.465. The first kappa shape index (κ1) is 19.9. The number of aromatic nitrogens is 1. The highest BCUT2D eigenvalue weighted by molar-refractivity contribution is 6.07. The topological polar surface area (TPSA) is 45.5 Å². The molecule has 160 valence electrons. The second-order valence-electron chi connectivity index (χ2n) is 9.26. The van der Waals surface area contributed by atoms with E-state index in [-0.39, 0.29) is 5.91 Å². The predicted molar refractivity (Wildman–Crippen MR) is 125 cm³/mol. The third-order valence-corrected chi connectivity index (χ3v) is 7.08. The van der Waals surface area contributed by atoms with E-state index < -0.39 is 0 Å². The number of likely N-dealkylation sites (tertiary alicyclic amines) is 1. The molecule has 0 bridgehead atoms. The number of hydrogen-bond acceptors (Lipinski definition) is 2. The van der Waals surface area contributed by atoms with Crippen molar-refractivity contribution >= 4 is 5.91 Å². The number of nitrogens with zero attached hydrogens (tertiary/aromatic N) is 2. The average molecular weight is 415 g/mol. The summed E-state index contributed by atoms with van der Waals surface area (Å²) in [4.78, 5) is 15.8. The second kappa shape index (κ2) is 7.30. The number of phenols is 1. The minimum Gasteiger partial charge on any atom is -0.507 e. The van der Waals surface area contributed by atoms with Crippen LogP contribution in [0.3, 0.4) is 0 Å². The molecule has 0 atom stereocenters. The summed E-state index contributed by atoms with van der Waals surface area (Å²) in [7, 11) is 0. The van der Waals surface area contributed by atoms with Crippen LogP contribution in [0, 0.1) is 27.7 Å². The van der Waals surface area contributed by atoms with Crippen LogP contribution >= 0.6 is 0 Å². The lowest BCUT2D eigenvalue weighted by atomic mass is 9.90. The second-order valence-corrected chi connectivity index (χ2v) is 9.26. The van der Waals surface area contributed by atoms with Gasteiger partial charge in [-0.15, -0.1) is 0 Å². The van der Waals surface area contributed by atoms with Crippen LogP contribution in [-0.2, 0) is 13.0 Å². The molecule has 0 saturated carbocycles. The van der Waals surface area contributed by atoms with Gasteiger partial charge in [0.25, 0.3) is 5.91 Å². The molecule has 4 heteroatoms. The molecule has 5 rings (SSSR count). The lowest BCUT2D eigenvalue weighted by molar-refractivity contribution is 0.0794. The van der Waals surface area contributed by atoms with E-state index in [2.05, 4.69) is 36.7 Å². The summed E-state index contributed by atoms with van der Waals surface area (Å²) in [6.07, 6.45) is 5.28. The molecule has 2 aliphatic heterocycles. The van der Waals surface area contributed by atoms with Gasteiger partial charge in [0, 0.05) is 37.0 Å². The van der Waals surface area contributed by atoms with Crippen LogP contribution in [0.1, 0.15) is 51.0 Å². The van der Waals surface area contributed by atoms with Crippen molar-refractivity contribution in [3.8, 4) is 28.1 Å². The first-order valence-electron chi connectivity index (χ1n) is 11.3. The van der Waals surface area contributed by atoms with Crippen LogP contribution in [-0.4, -0.2) is 33.6 Å². The molecule has 1 amide bonds. The quantitative estimate of drug-likeness (QED) is 0.597. The fourth-order valence-corrected chi connectivity index (χ4v) is 5.19. The maximum Gasteiger partial charge on any atom is 0.256 e. The molecule has 0 aliphatic carbocycles. The Morgan fingerprint density at radius 3 is 2.16 bits per heavy atom. The summed E-state index contributed by atoms with van der Waals surface area (Å²) in [6.45, 7) is 10.7. The summed E-state index contributed by atoms with van der Waals surface area (Å²) < 4.78 is 2.27. The number of amides is 1. The van der Waals surface area contributed by atoms with Gasteiger partial charge >= 0.3 is 0 Å². The number of carbonyl (C=O) groups excluding carboxylic acids is 1. The van der Waals surface area contributed by atoms with E-state index in [0.29, 0.717) is 5.75 Å². The first-order valence-corrected chi connectivity index (χ1v) is 11.3.